The van der Waals surface area contributed by atoms with Crippen LogP contribution in [0, 0.1) is 0 Å². The first kappa shape index (κ1) is 95.1. The van der Waals surface area contributed by atoms with Gasteiger partial charge in [-0.3, -0.25) is 37.3 Å². The van der Waals surface area contributed by atoms with Gasteiger partial charge in [-0.1, -0.05) is 368 Å². The van der Waals surface area contributed by atoms with Gasteiger partial charge in [0.25, 0.3) is 0 Å². The van der Waals surface area contributed by atoms with Gasteiger partial charge in [0.2, 0.25) is 0 Å². The molecule has 0 fully saturated rings. The number of unbranched alkanes of at least 4 members (excludes halogenated alkanes) is 53. The maximum atomic E-state index is 13.1. The average Bonchev–Trinajstić information content (AvgIpc) is 1.46. The van der Waals surface area contributed by atoms with Crippen molar-refractivity contribution in [3.8, 4) is 0 Å². The molecule has 2 unspecified atom stereocenters. The third-order valence-corrected chi connectivity index (χ3v) is 20.3. The van der Waals surface area contributed by atoms with Crippen LogP contribution in [0.5, 0.6) is 0 Å². The molecule has 0 saturated carbocycles. The minimum atomic E-state index is -4.96. The second-order valence-electron chi connectivity index (χ2n) is 28.1. The van der Waals surface area contributed by atoms with Crippen LogP contribution in [0.15, 0.2) is 0 Å². The third-order valence-electron chi connectivity index (χ3n) is 18.4. The van der Waals surface area contributed by atoms with Crippen molar-refractivity contribution in [1.82, 2.24) is 0 Å². The summed E-state index contributed by atoms with van der Waals surface area (Å²) in [7, 11) is -9.91. The van der Waals surface area contributed by atoms with Crippen LogP contribution < -0.4 is 0 Å². The Bertz CT molecular complexity index is 1840. The minimum Gasteiger partial charge on any atom is -0.462 e. The second kappa shape index (κ2) is 72.4. The zero-order chi connectivity index (χ0) is 71.1. The van der Waals surface area contributed by atoms with Crippen LogP contribution in [-0.4, -0.2) is 96.7 Å². The highest BCUT2D eigenvalue weighted by atomic mass is 31.2. The number of ether oxygens (including phenoxy) is 4. The molecule has 3 N–H and O–H groups in total. The van der Waals surface area contributed by atoms with Crippen molar-refractivity contribution in [2.24, 2.45) is 0 Å². The van der Waals surface area contributed by atoms with Gasteiger partial charge in [0, 0.05) is 25.7 Å². The van der Waals surface area contributed by atoms with Crippen LogP contribution in [0.3, 0.4) is 0 Å². The van der Waals surface area contributed by atoms with E-state index < -0.39 is 97.5 Å². The van der Waals surface area contributed by atoms with Crippen LogP contribution in [-0.2, 0) is 65.4 Å². The summed E-state index contributed by atoms with van der Waals surface area (Å²) >= 11 is 0. The molecule has 5 atom stereocenters. The van der Waals surface area contributed by atoms with Gasteiger partial charge in [-0.05, 0) is 25.7 Å². The van der Waals surface area contributed by atoms with E-state index in [0.29, 0.717) is 25.7 Å². The van der Waals surface area contributed by atoms with Gasteiger partial charge in [-0.2, -0.15) is 0 Å². The van der Waals surface area contributed by atoms with Crippen molar-refractivity contribution in [1.29, 1.82) is 0 Å². The molecule has 0 saturated heterocycles. The van der Waals surface area contributed by atoms with Crippen LogP contribution in [0.2, 0.25) is 0 Å². The van der Waals surface area contributed by atoms with Gasteiger partial charge < -0.3 is 33.8 Å². The molecule has 0 amide bonds. The van der Waals surface area contributed by atoms with E-state index in [4.69, 9.17) is 37.0 Å². The molecule has 576 valence electrons. The fourth-order valence-corrected chi connectivity index (χ4v) is 13.7. The smallest absolute Gasteiger partial charge is 0.462 e. The predicted molar refractivity (Wildman–Crippen MR) is 395 cm³/mol. The van der Waals surface area contributed by atoms with E-state index in [1.807, 2.05) is 0 Å². The number of aliphatic hydroxyl groups excluding tert-OH is 1. The maximum Gasteiger partial charge on any atom is 0.472 e. The van der Waals surface area contributed by atoms with Crippen LogP contribution >= 0.6 is 15.6 Å². The number of esters is 4. The Morgan fingerprint density at radius 3 is 0.608 bits per heavy atom. The summed E-state index contributed by atoms with van der Waals surface area (Å²) in [5.41, 5.74) is 0. The number of phosphoric ester groups is 2. The van der Waals surface area contributed by atoms with Gasteiger partial charge in [0.05, 0.1) is 26.4 Å². The summed E-state index contributed by atoms with van der Waals surface area (Å²) in [5, 5.41) is 10.6. The number of rotatable bonds is 79. The summed E-state index contributed by atoms with van der Waals surface area (Å²) in [4.78, 5) is 72.8. The van der Waals surface area contributed by atoms with E-state index in [1.54, 1.807) is 0 Å². The Hall–Kier alpha value is -1.94. The monoisotopic (exact) mass is 1420 g/mol. The normalized spacial score (nSPS) is 13.8. The molecule has 19 heteroatoms. The molecule has 0 aliphatic heterocycles. The average molecular weight is 1420 g/mol. The molecule has 0 heterocycles. The van der Waals surface area contributed by atoms with Gasteiger partial charge >= 0.3 is 39.5 Å². The van der Waals surface area contributed by atoms with Crippen molar-refractivity contribution >= 4 is 39.5 Å². The summed E-state index contributed by atoms with van der Waals surface area (Å²) in [6, 6.07) is 0. The Labute approximate surface area is 594 Å². The van der Waals surface area contributed by atoms with Gasteiger partial charge in [-0.25, -0.2) is 9.13 Å². The lowest BCUT2D eigenvalue weighted by Gasteiger charge is -2.21. The maximum absolute atomic E-state index is 13.1. The van der Waals surface area contributed by atoms with E-state index in [2.05, 4.69) is 27.7 Å². The quantitative estimate of drug-likeness (QED) is 0.0222. The van der Waals surface area contributed by atoms with Gasteiger partial charge in [0.15, 0.2) is 12.2 Å². The summed E-state index contributed by atoms with van der Waals surface area (Å²) < 4.78 is 68.6. The topological polar surface area (TPSA) is 237 Å². The molecule has 97 heavy (non-hydrogen) atoms. The number of carbonyl (C=O) groups is 4. The number of aliphatic hydroxyl groups is 1. The molecule has 0 radical (unpaired) electrons. The first-order valence-electron chi connectivity index (χ1n) is 40.8. The van der Waals surface area contributed by atoms with E-state index in [1.165, 1.54) is 250 Å². The van der Waals surface area contributed by atoms with E-state index >= 15 is 0 Å². The first-order valence-corrected chi connectivity index (χ1v) is 43.8. The summed E-state index contributed by atoms with van der Waals surface area (Å²) in [5.74, 6) is -2.11. The molecule has 0 aromatic rings. The lowest BCUT2D eigenvalue weighted by Crippen LogP contribution is -2.30. The molecule has 0 rings (SSSR count). The number of carbonyl (C=O) groups excluding carboxylic acids is 4. The predicted octanol–water partition coefficient (Wildman–Crippen LogP) is 23.4. The van der Waals surface area contributed by atoms with Crippen molar-refractivity contribution in [3.05, 3.63) is 0 Å². The Morgan fingerprint density at radius 1 is 0.247 bits per heavy atom. The van der Waals surface area contributed by atoms with Crippen molar-refractivity contribution in [2.45, 2.75) is 438 Å². The molecular weight excluding hydrogens is 1270 g/mol. The highest BCUT2D eigenvalue weighted by molar-refractivity contribution is 7.47. The molecule has 0 aliphatic rings. The van der Waals surface area contributed by atoms with Gasteiger partial charge in [0.1, 0.15) is 19.3 Å². The van der Waals surface area contributed by atoms with Crippen molar-refractivity contribution < 1.29 is 80.2 Å². The highest BCUT2D eigenvalue weighted by Crippen LogP contribution is 2.45. The zero-order valence-corrected chi connectivity index (χ0v) is 64.8. The molecule has 0 aromatic carbocycles. The molecule has 0 aromatic heterocycles. The highest BCUT2D eigenvalue weighted by Gasteiger charge is 2.30. The molecule has 0 spiro atoms. The molecule has 0 bridgehead atoms. The fraction of sp³-hybridized carbons (Fsp3) is 0.949. The fourth-order valence-electron chi connectivity index (χ4n) is 12.1. The number of hydrogen-bond donors (Lipinski definition) is 3. The first-order chi connectivity index (χ1) is 47.2. The zero-order valence-electron chi connectivity index (χ0n) is 63.1. The van der Waals surface area contributed by atoms with E-state index in [-0.39, 0.29) is 25.7 Å². The minimum absolute atomic E-state index is 0.108. The molecule has 17 nitrogen and oxygen atoms in total. The standard InChI is InChI=1S/C78H152O17P2/c1-5-9-13-17-21-25-28-31-33-35-36-38-40-42-45-49-53-57-61-65-78(83)95-74(69-89-76(81)63-59-55-51-47-44-41-39-37-34-32-29-26-22-18-14-10-6-2)71-93-97(86,87)91-67-72(79)66-90-96(84,85)92-70-73(68-88-75(80)62-58-54-50-46-24-20-16-12-8-4)94-77(82)64-60-56-52-48-43-30-27-23-19-15-11-7-3/h72-74,79H,5-71H2,1-4H3,(H,84,85)(H,86,87)/t72-,73+,74+/m0/s1. The van der Waals surface area contributed by atoms with Gasteiger partial charge in [-0.15, -0.1) is 0 Å². The van der Waals surface area contributed by atoms with E-state index in [0.717, 1.165) is 89.9 Å². The lowest BCUT2D eigenvalue weighted by molar-refractivity contribution is -0.161. The SMILES string of the molecule is CCCCCCCCCCCCCCCCCCCCCC(=O)O[C@H](COC(=O)CCCCCCCCCCCCCCCCCCC)COP(=O)(O)OC[C@@H](O)COP(=O)(O)OC[C@@H](COC(=O)CCCCCCCCCCC)OC(=O)CCCCCCCCCCCCCC. The van der Waals surface area contributed by atoms with Crippen LogP contribution in [0.25, 0.3) is 0 Å². The van der Waals surface area contributed by atoms with Crippen LogP contribution in [0.4, 0.5) is 0 Å². The summed E-state index contributed by atoms with van der Waals surface area (Å²) in [6.45, 7) is 4.99. The Kier molecular flexibility index (Phi) is 71.0. The van der Waals surface area contributed by atoms with Crippen LogP contribution in [0.1, 0.15) is 419 Å². The largest absolute Gasteiger partial charge is 0.472 e. The third kappa shape index (κ3) is 72.2. The molecular formula is C78H152O17P2. The molecule has 0 aliphatic carbocycles. The Balaban J connectivity index is 5.21. The second-order valence-corrected chi connectivity index (χ2v) is 31.0. The number of phosphoric acid groups is 2. The van der Waals surface area contributed by atoms with Crippen molar-refractivity contribution in [2.75, 3.05) is 39.6 Å². The Morgan fingerprint density at radius 2 is 0.412 bits per heavy atom. The lowest BCUT2D eigenvalue weighted by atomic mass is 10.0. The van der Waals surface area contributed by atoms with Crippen molar-refractivity contribution in [3.63, 3.8) is 0 Å². The number of hydrogen-bond acceptors (Lipinski definition) is 15. The summed E-state index contributed by atoms with van der Waals surface area (Å²) in [6.07, 6.45) is 63.8. The van der Waals surface area contributed by atoms with E-state index in [9.17, 15) is 43.2 Å².